The van der Waals surface area contributed by atoms with Gasteiger partial charge in [0, 0.05) is 0 Å². The zero-order valence-corrected chi connectivity index (χ0v) is 16.3. The van der Waals surface area contributed by atoms with E-state index < -0.39 is 23.2 Å². The first-order valence-electron chi connectivity index (χ1n) is 9.98. The van der Waals surface area contributed by atoms with Crippen molar-refractivity contribution in [2.75, 3.05) is 4.90 Å². The van der Waals surface area contributed by atoms with Gasteiger partial charge in [-0.3, -0.25) is 14.5 Å². The molecule has 2 aromatic rings. The molecule has 2 amide bonds. The third-order valence-electron chi connectivity index (χ3n) is 6.37. The van der Waals surface area contributed by atoms with Crippen molar-refractivity contribution in [3.63, 3.8) is 0 Å². The molecule has 8 heteroatoms. The van der Waals surface area contributed by atoms with Crippen LogP contribution in [0.15, 0.2) is 48.6 Å². The number of benzene rings is 2. The highest BCUT2D eigenvalue weighted by Gasteiger charge is 2.56. The summed E-state index contributed by atoms with van der Waals surface area (Å²) in [4.78, 5) is 39.5. The first kappa shape index (κ1) is 19.2. The van der Waals surface area contributed by atoms with Crippen LogP contribution in [0.5, 0.6) is 23.0 Å². The summed E-state index contributed by atoms with van der Waals surface area (Å²) in [7, 11) is 0. The Morgan fingerprint density at radius 2 is 1.39 bits per heavy atom. The van der Waals surface area contributed by atoms with Crippen LogP contribution >= 0.6 is 0 Å². The fourth-order valence-electron chi connectivity index (χ4n) is 4.88. The van der Waals surface area contributed by atoms with Crippen molar-refractivity contribution in [2.45, 2.75) is 12.8 Å². The minimum atomic E-state index is -0.861. The normalized spacial score (nSPS) is 26.3. The smallest absolute Gasteiger partial charge is 0.343 e. The molecule has 31 heavy (non-hydrogen) atoms. The average Bonchev–Trinajstić information content (AvgIpc) is 3.05. The Morgan fingerprint density at radius 1 is 0.871 bits per heavy atom. The van der Waals surface area contributed by atoms with Gasteiger partial charge in [0.05, 0.1) is 23.1 Å². The molecule has 6 rings (SSSR count). The van der Waals surface area contributed by atoms with Crippen molar-refractivity contribution in [1.82, 2.24) is 0 Å². The number of ether oxygens (including phenoxy) is 1. The molecule has 1 saturated carbocycles. The van der Waals surface area contributed by atoms with E-state index in [0.29, 0.717) is 5.69 Å². The lowest BCUT2D eigenvalue weighted by Crippen LogP contribution is -2.38. The molecule has 0 radical (unpaired) electrons. The van der Waals surface area contributed by atoms with Gasteiger partial charge in [-0.2, -0.15) is 0 Å². The van der Waals surface area contributed by atoms with Crippen LogP contribution in [0, 0.1) is 23.7 Å². The second-order valence-electron chi connectivity index (χ2n) is 8.10. The number of hydrogen-bond donors (Lipinski definition) is 3. The van der Waals surface area contributed by atoms with E-state index in [9.17, 15) is 29.7 Å². The number of carbonyl (C=O) groups excluding carboxylic acids is 3. The molecule has 8 nitrogen and oxygen atoms in total. The summed E-state index contributed by atoms with van der Waals surface area (Å²) in [6.07, 6.45) is 5.97. The zero-order chi connectivity index (χ0) is 21.9. The van der Waals surface area contributed by atoms with E-state index in [-0.39, 0.29) is 46.8 Å². The second kappa shape index (κ2) is 6.87. The minimum Gasteiger partial charge on any atom is -0.504 e. The van der Waals surface area contributed by atoms with Crippen LogP contribution in [0.3, 0.4) is 0 Å². The Hall–Kier alpha value is -3.81. The molecule has 3 aliphatic carbocycles. The van der Waals surface area contributed by atoms with Crippen LogP contribution in [-0.2, 0) is 9.59 Å². The van der Waals surface area contributed by atoms with Crippen LogP contribution in [0.2, 0.25) is 0 Å². The largest absolute Gasteiger partial charge is 0.504 e. The number of phenolic OH excluding ortho intramolecular Hbond substituents is 3. The van der Waals surface area contributed by atoms with Gasteiger partial charge >= 0.3 is 5.97 Å². The number of rotatable bonds is 3. The summed E-state index contributed by atoms with van der Waals surface area (Å²) in [5.74, 6) is -3.51. The van der Waals surface area contributed by atoms with E-state index in [1.165, 1.54) is 29.2 Å². The summed E-state index contributed by atoms with van der Waals surface area (Å²) in [6, 6.07) is 7.94. The molecule has 2 bridgehead atoms. The van der Waals surface area contributed by atoms with Crippen molar-refractivity contribution >= 4 is 23.5 Å². The summed E-state index contributed by atoms with van der Waals surface area (Å²) in [6.45, 7) is 0. The standard InChI is InChI=1S/C23H19NO7/c25-16-9-13(10-17(26)20(16)27)23(30)31-15-7-5-14(6-8-15)24-21(28)18-11-1-2-12(4-3-11)19(18)22(24)29/h1-2,5-12,18-19,25-27H,3-4H2. The van der Waals surface area contributed by atoms with Gasteiger partial charge in [-0.15, -0.1) is 0 Å². The molecule has 1 heterocycles. The number of imide groups is 1. The molecule has 1 aliphatic heterocycles. The molecule has 1 saturated heterocycles. The summed E-state index contributed by atoms with van der Waals surface area (Å²) >= 11 is 0. The third-order valence-corrected chi connectivity index (χ3v) is 6.37. The number of phenols is 3. The maximum absolute atomic E-state index is 13.0. The van der Waals surface area contributed by atoms with Gasteiger partial charge in [-0.05, 0) is 61.1 Å². The first-order chi connectivity index (χ1) is 14.8. The number of carbonyl (C=O) groups is 3. The second-order valence-corrected chi connectivity index (χ2v) is 8.10. The topological polar surface area (TPSA) is 124 Å². The predicted molar refractivity (Wildman–Crippen MR) is 108 cm³/mol. The summed E-state index contributed by atoms with van der Waals surface area (Å²) < 4.78 is 5.22. The molecule has 4 unspecified atom stereocenters. The highest BCUT2D eigenvalue weighted by atomic mass is 16.5. The van der Waals surface area contributed by atoms with Crippen molar-refractivity contribution in [2.24, 2.45) is 23.7 Å². The number of fused-ring (bicyclic) bond motifs is 1. The number of aromatic hydroxyl groups is 3. The quantitative estimate of drug-likeness (QED) is 0.229. The number of nitrogens with zero attached hydrogens (tertiary/aromatic N) is 1. The maximum Gasteiger partial charge on any atom is 0.343 e. The molecule has 4 aliphatic rings. The fourth-order valence-corrected chi connectivity index (χ4v) is 4.88. The number of allylic oxidation sites excluding steroid dienone is 2. The summed E-state index contributed by atoms with van der Waals surface area (Å²) in [5.41, 5.74) is 0.261. The number of esters is 1. The maximum atomic E-state index is 13.0. The SMILES string of the molecule is O=C(Oc1ccc(N2C(=O)C3C4C=CC(CC4)C3C2=O)cc1)c1cc(O)c(O)c(O)c1. The van der Waals surface area contributed by atoms with Gasteiger partial charge < -0.3 is 20.1 Å². The van der Waals surface area contributed by atoms with E-state index >= 15 is 0 Å². The molecule has 158 valence electrons. The molecular weight excluding hydrogens is 402 g/mol. The van der Waals surface area contributed by atoms with Gasteiger partial charge in [0.1, 0.15) is 5.75 Å². The third kappa shape index (κ3) is 2.94. The van der Waals surface area contributed by atoms with Crippen LogP contribution in [0.1, 0.15) is 23.2 Å². The number of hydrogen-bond acceptors (Lipinski definition) is 7. The van der Waals surface area contributed by atoms with E-state index in [2.05, 4.69) is 12.2 Å². The van der Waals surface area contributed by atoms with E-state index in [1.807, 2.05) is 0 Å². The van der Waals surface area contributed by atoms with E-state index in [4.69, 9.17) is 4.74 Å². The van der Waals surface area contributed by atoms with Gasteiger partial charge in [-0.1, -0.05) is 12.2 Å². The Labute approximate surface area is 177 Å². The predicted octanol–water partition coefficient (Wildman–Crippen LogP) is 2.72. The van der Waals surface area contributed by atoms with Gasteiger partial charge in [0.15, 0.2) is 17.2 Å². The van der Waals surface area contributed by atoms with Gasteiger partial charge in [0.2, 0.25) is 11.8 Å². The van der Waals surface area contributed by atoms with Crippen molar-refractivity contribution < 1.29 is 34.4 Å². The van der Waals surface area contributed by atoms with E-state index in [1.54, 1.807) is 0 Å². The van der Waals surface area contributed by atoms with Gasteiger partial charge in [-0.25, -0.2) is 4.79 Å². The average molecular weight is 421 g/mol. The van der Waals surface area contributed by atoms with Crippen molar-refractivity contribution in [3.8, 4) is 23.0 Å². The summed E-state index contributed by atoms with van der Waals surface area (Å²) in [5, 5.41) is 28.5. The molecule has 2 aromatic carbocycles. The number of amides is 2. The molecule has 0 spiro atoms. The molecular formula is C23H19NO7. The van der Waals surface area contributed by atoms with Crippen LogP contribution in [-0.4, -0.2) is 33.1 Å². The van der Waals surface area contributed by atoms with Crippen molar-refractivity contribution in [3.05, 3.63) is 54.1 Å². The molecule has 3 N–H and O–H groups in total. The van der Waals surface area contributed by atoms with Crippen LogP contribution < -0.4 is 9.64 Å². The lowest BCUT2D eigenvalue weighted by atomic mass is 9.63. The Morgan fingerprint density at radius 3 is 1.87 bits per heavy atom. The minimum absolute atomic E-state index is 0.106. The highest BCUT2D eigenvalue weighted by molar-refractivity contribution is 6.22. The Kier molecular flexibility index (Phi) is 4.25. The van der Waals surface area contributed by atoms with Crippen LogP contribution in [0.4, 0.5) is 5.69 Å². The molecule has 2 fully saturated rings. The van der Waals surface area contributed by atoms with Gasteiger partial charge in [0.25, 0.3) is 0 Å². The molecule has 4 atom stereocenters. The molecule has 0 aromatic heterocycles. The van der Waals surface area contributed by atoms with E-state index in [0.717, 1.165) is 25.0 Å². The number of anilines is 1. The zero-order valence-electron chi connectivity index (χ0n) is 16.3. The first-order valence-corrected chi connectivity index (χ1v) is 9.98. The lowest BCUT2D eigenvalue weighted by molar-refractivity contribution is -0.124. The lowest BCUT2D eigenvalue weighted by Gasteiger charge is -2.38. The monoisotopic (exact) mass is 421 g/mol. The van der Waals surface area contributed by atoms with Crippen LogP contribution in [0.25, 0.3) is 0 Å². The Balaban J connectivity index is 1.34. The fraction of sp³-hybridized carbons (Fsp3) is 0.261. The van der Waals surface area contributed by atoms with Crippen molar-refractivity contribution in [1.29, 1.82) is 0 Å². The Bertz CT molecular complexity index is 1080. The highest BCUT2D eigenvalue weighted by Crippen LogP contribution is 2.50.